The van der Waals surface area contributed by atoms with Crippen LogP contribution in [0.3, 0.4) is 0 Å². The molecule has 0 aromatic rings. The topological polar surface area (TPSA) is 40.5 Å². The summed E-state index contributed by atoms with van der Waals surface area (Å²) in [7, 11) is 0. The Bertz CT molecular complexity index is 278. The first-order chi connectivity index (χ1) is 6.37. The monoisotopic (exact) mass is 209 g/mol. The Hall–Kier alpha value is -0.780. The Morgan fingerprint density at radius 2 is 2.14 bits per heavy atom. The van der Waals surface area contributed by atoms with Crippen LogP contribution in [0.1, 0.15) is 6.42 Å². The van der Waals surface area contributed by atoms with Crippen LogP contribution in [0.4, 0.5) is 13.2 Å². The standard InChI is InChI=1S/C8H10F3NO2/c9-8(10,11)7-1-2-12(4-7)3-5(7)6(13)14/h5H,1-4H2,(H,13,14). The number of alkyl halides is 3. The van der Waals surface area contributed by atoms with E-state index >= 15 is 0 Å². The fourth-order valence-corrected chi connectivity index (χ4v) is 2.53. The number of fused-ring (bicyclic) bond motifs is 2. The van der Waals surface area contributed by atoms with Gasteiger partial charge in [-0.2, -0.15) is 13.2 Å². The number of aliphatic carboxylic acids is 1. The van der Waals surface area contributed by atoms with E-state index in [1.165, 1.54) is 0 Å². The third-order valence-corrected chi connectivity index (χ3v) is 3.35. The number of hydrogen-bond donors (Lipinski definition) is 1. The molecule has 0 aromatic carbocycles. The van der Waals surface area contributed by atoms with Crippen molar-refractivity contribution in [3.05, 3.63) is 0 Å². The van der Waals surface area contributed by atoms with Gasteiger partial charge in [-0.15, -0.1) is 0 Å². The molecule has 6 heteroatoms. The van der Waals surface area contributed by atoms with Crippen molar-refractivity contribution in [2.24, 2.45) is 11.3 Å². The van der Waals surface area contributed by atoms with Crippen molar-refractivity contribution in [3.8, 4) is 0 Å². The molecule has 0 amide bonds. The summed E-state index contributed by atoms with van der Waals surface area (Å²) in [6, 6.07) is 0. The van der Waals surface area contributed by atoms with Crippen molar-refractivity contribution < 1.29 is 23.1 Å². The molecule has 2 aliphatic heterocycles. The second-order valence-electron chi connectivity index (χ2n) is 4.03. The predicted octanol–water partition coefficient (Wildman–Crippen LogP) is 0.955. The van der Waals surface area contributed by atoms with Crippen molar-refractivity contribution in [2.45, 2.75) is 12.6 Å². The van der Waals surface area contributed by atoms with Crippen LogP contribution in [0, 0.1) is 11.3 Å². The average molecular weight is 209 g/mol. The molecular weight excluding hydrogens is 199 g/mol. The molecule has 2 bridgehead atoms. The van der Waals surface area contributed by atoms with Gasteiger partial charge >= 0.3 is 12.1 Å². The van der Waals surface area contributed by atoms with Gasteiger partial charge in [-0.1, -0.05) is 0 Å². The second-order valence-corrected chi connectivity index (χ2v) is 4.03. The Balaban J connectivity index is 2.35. The third kappa shape index (κ3) is 1.06. The zero-order valence-corrected chi connectivity index (χ0v) is 7.34. The highest BCUT2D eigenvalue weighted by Gasteiger charge is 2.68. The summed E-state index contributed by atoms with van der Waals surface area (Å²) in [5, 5.41) is 8.74. The second kappa shape index (κ2) is 2.62. The fraction of sp³-hybridized carbons (Fsp3) is 0.875. The third-order valence-electron chi connectivity index (χ3n) is 3.35. The molecule has 0 aromatic heterocycles. The maximum absolute atomic E-state index is 12.8. The number of halogens is 3. The number of carboxylic acid groups (broad SMARTS) is 1. The normalized spacial score (nSPS) is 41.6. The van der Waals surface area contributed by atoms with E-state index in [1.807, 2.05) is 0 Å². The van der Waals surface area contributed by atoms with Crippen molar-refractivity contribution in [1.82, 2.24) is 4.90 Å². The minimum Gasteiger partial charge on any atom is -0.481 e. The number of rotatable bonds is 1. The molecule has 3 nitrogen and oxygen atoms in total. The molecule has 2 heterocycles. The van der Waals surface area contributed by atoms with E-state index < -0.39 is 23.5 Å². The maximum Gasteiger partial charge on any atom is 0.396 e. The van der Waals surface area contributed by atoms with Gasteiger partial charge in [-0.3, -0.25) is 4.79 Å². The van der Waals surface area contributed by atoms with E-state index in [-0.39, 0.29) is 19.5 Å². The van der Waals surface area contributed by atoms with Crippen LogP contribution in [0.5, 0.6) is 0 Å². The lowest BCUT2D eigenvalue weighted by Crippen LogP contribution is -2.47. The first-order valence-corrected chi connectivity index (χ1v) is 4.39. The molecule has 80 valence electrons. The first-order valence-electron chi connectivity index (χ1n) is 4.39. The quantitative estimate of drug-likeness (QED) is 0.699. The molecule has 14 heavy (non-hydrogen) atoms. The fourth-order valence-electron chi connectivity index (χ4n) is 2.53. The van der Waals surface area contributed by atoms with Crippen molar-refractivity contribution in [3.63, 3.8) is 0 Å². The summed E-state index contributed by atoms with van der Waals surface area (Å²) >= 11 is 0. The van der Waals surface area contributed by atoms with Crippen LogP contribution < -0.4 is 0 Å². The Morgan fingerprint density at radius 3 is 2.50 bits per heavy atom. The van der Waals surface area contributed by atoms with Crippen LogP contribution in [-0.2, 0) is 4.79 Å². The van der Waals surface area contributed by atoms with E-state index in [0.29, 0.717) is 6.54 Å². The van der Waals surface area contributed by atoms with E-state index in [1.54, 1.807) is 4.90 Å². The summed E-state index contributed by atoms with van der Waals surface area (Å²) in [4.78, 5) is 12.3. The summed E-state index contributed by atoms with van der Waals surface area (Å²) in [5.41, 5.74) is -1.99. The maximum atomic E-state index is 12.8. The Morgan fingerprint density at radius 1 is 1.50 bits per heavy atom. The van der Waals surface area contributed by atoms with Crippen LogP contribution in [0.25, 0.3) is 0 Å². The SMILES string of the molecule is O=C(O)C1CN2CCC1(C(F)(F)F)C2. The lowest BCUT2D eigenvalue weighted by atomic mass is 9.75. The van der Waals surface area contributed by atoms with Crippen LogP contribution >= 0.6 is 0 Å². The number of nitrogens with zero attached hydrogens (tertiary/aromatic N) is 1. The van der Waals surface area contributed by atoms with Crippen molar-refractivity contribution in [1.29, 1.82) is 0 Å². The number of carboxylic acids is 1. The molecule has 2 rings (SSSR count). The molecule has 2 aliphatic rings. The first kappa shape index (κ1) is 9.76. The van der Waals surface area contributed by atoms with Crippen LogP contribution in [0.15, 0.2) is 0 Å². The minimum absolute atomic E-state index is 0.0366. The van der Waals surface area contributed by atoms with E-state index in [4.69, 9.17) is 5.11 Å². The van der Waals surface area contributed by atoms with Crippen molar-refractivity contribution in [2.75, 3.05) is 19.6 Å². The number of carbonyl (C=O) groups is 1. The molecule has 0 aliphatic carbocycles. The average Bonchev–Trinajstić information content (AvgIpc) is 2.58. The van der Waals surface area contributed by atoms with E-state index in [0.717, 1.165) is 0 Å². The molecule has 1 N–H and O–H groups in total. The zero-order valence-electron chi connectivity index (χ0n) is 7.34. The Labute approximate surface area is 78.5 Å². The van der Waals surface area contributed by atoms with Gasteiger partial charge in [-0.05, 0) is 13.0 Å². The molecule has 0 radical (unpaired) electrons. The summed E-state index contributed by atoms with van der Waals surface area (Å²) in [5.74, 6) is -2.61. The van der Waals surface area contributed by atoms with Gasteiger partial charge in [0.2, 0.25) is 0 Å². The van der Waals surface area contributed by atoms with Gasteiger partial charge in [0.05, 0.1) is 11.3 Å². The smallest absolute Gasteiger partial charge is 0.396 e. The van der Waals surface area contributed by atoms with Gasteiger partial charge in [0.25, 0.3) is 0 Å². The van der Waals surface area contributed by atoms with Gasteiger partial charge in [-0.25, -0.2) is 0 Å². The predicted molar refractivity (Wildman–Crippen MR) is 40.7 cm³/mol. The molecule has 2 saturated heterocycles. The van der Waals surface area contributed by atoms with E-state index in [9.17, 15) is 18.0 Å². The summed E-state index contributed by atoms with van der Waals surface area (Å²) in [6.07, 6.45) is -4.48. The number of piperidine rings is 1. The zero-order chi connectivity index (χ0) is 10.6. The summed E-state index contributed by atoms with van der Waals surface area (Å²) < 4.78 is 38.3. The molecule has 0 saturated carbocycles. The highest BCUT2D eigenvalue weighted by Crippen LogP contribution is 2.55. The highest BCUT2D eigenvalue weighted by atomic mass is 19.4. The minimum atomic E-state index is -4.40. The molecule has 2 fully saturated rings. The summed E-state index contributed by atoms with van der Waals surface area (Å²) in [6.45, 7) is 0.256. The molecule has 0 spiro atoms. The van der Waals surface area contributed by atoms with Gasteiger partial charge in [0, 0.05) is 13.1 Å². The number of hydrogen-bond acceptors (Lipinski definition) is 2. The van der Waals surface area contributed by atoms with Gasteiger partial charge in [0.15, 0.2) is 0 Å². The molecule has 3 unspecified atom stereocenters. The van der Waals surface area contributed by atoms with E-state index in [2.05, 4.69) is 0 Å². The van der Waals surface area contributed by atoms with Gasteiger partial charge < -0.3 is 10.0 Å². The van der Waals surface area contributed by atoms with Crippen LogP contribution in [-0.4, -0.2) is 41.8 Å². The largest absolute Gasteiger partial charge is 0.481 e. The highest BCUT2D eigenvalue weighted by molar-refractivity contribution is 5.72. The van der Waals surface area contributed by atoms with Crippen molar-refractivity contribution >= 4 is 5.97 Å². The Kier molecular flexibility index (Phi) is 1.83. The van der Waals surface area contributed by atoms with Crippen LogP contribution in [0.2, 0.25) is 0 Å². The lowest BCUT2D eigenvalue weighted by molar-refractivity contribution is -0.232. The lowest BCUT2D eigenvalue weighted by Gasteiger charge is -2.33. The van der Waals surface area contributed by atoms with Gasteiger partial charge in [0.1, 0.15) is 0 Å². The molecular formula is C8H10F3NO2. The molecule has 3 atom stereocenters.